The second-order valence-electron chi connectivity index (χ2n) is 4.89. The lowest BCUT2D eigenvalue weighted by Crippen LogP contribution is -2.36. The molecule has 1 unspecified atom stereocenters. The fourth-order valence-electron chi connectivity index (χ4n) is 2.45. The van der Waals surface area contributed by atoms with Gasteiger partial charge in [-0.25, -0.2) is 4.79 Å². The van der Waals surface area contributed by atoms with Gasteiger partial charge in [0.2, 0.25) is 0 Å². The Balaban J connectivity index is 1.95. The molecule has 1 aliphatic heterocycles. The van der Waals surface area contributed by atoms with Crippen LogP contribution in [0.15, 0.2) is 30.3 Å². The first-order valence-electron chi connectivity index (χ1n) is 7.91. The van der Waals surface area contributed by atoms with E-state index in [1.165, 1.54) is 11.8 Å². The summed E-state index contributed by atoms with van der Waals surface area (Å²) in [7, 11) is 0. The summed E-state index contributed by atoms with van der Waals surface area (Å²) in [6.45, 7) is -0.0581. The number of hydrogen-bond acceptors (Lipinski definition) is 4. The fraction of sp³-hybridized carbons (Fsp3) is 0.500. The number of rotatable bonds is 5. The molecule has 0 aromatic heterocycles. The van der Waals surface area contributed by atoms with Gasteiger partial charge in [-0.15, -0.1) is 0 Å². The average Bonchev–Trinajstić information content (AvgIpc) is 2.87. The van der Waals surface area contributed by atoms with Gasteiger partial charge in [-0.05, 0) is 18.9 Å². The van der Waals surface area contributed by atoms with Crippen molar-refractivity contribution in [2.24, 2.45) is 0 Å². The van der Waals surface area contributed by atoms with Crippen LogP contribution in [0.4, 0.5) is 4.79 Å². The second-order valence-corrected chi connectivity index (χ2v) is 4.89. The number of nitrogens with zero attached hydrogens (tertiary/aromatic N) is 2. The number of ether oxygens (including phenoxy) is 2. The Bertz CT molecular complexity index is 569. The average molecular weight is 290 g/mol. The normalized spacial score (nSPS) is 23.1. The van der Waals surface area contributed by atoms with Crippen molar-refractivity contribution in [1.82, 2.24) is 4.90 Å². The maximum Gasteiger partial charge on any atom is 0.410 e. The van der Waals surface area contributed by atoms with E-state index < -0.39 is 18.8 Å². The van der Waals surface area contributed by atoms with Crippen molar-refractivity contribution >= 4 is 6.09 Å². The molecule has 1 amide bonds. The van der Waals surface area contributed by atoms with E-state index in [0.29, 0.717) is 6.42 Å². The van der Waals surface area contributed by atoms with Gasteiger partial charge in [-0.1, -0.05) is 30.3 Å². The number of amides is 1. The SMILES string of the molecule is [2H]C([2H])(C)O[C@@H]1CC(CC#N)N(C(=O)OCc2ccccc2)C1. The Morgan fingerprint density at radius 1 is 1.52 bits per heavy atom. The minimum atomic E-state index is -1.77. The highest BCUT2D eigenvalue weighted by molar-refractivity contribution is 5.68. The van der Waals surface area contributed by atoms with Crippen LogP contribution in [0.2, 0.25) is 0 Å². The van der Waals surface area contributed by atoms with Gasteiger partial charge in [0.25, 0.3) is 0 Å². The summed E-state index contributed by atoms with van der Waals surface area (Å²) in [6.07, 6.45) is -0.330. The predicted octanol–water partition coefficient (Wildman–Crippen LogP) is 2.72. The Morgan fingerprint density at radius 2 is 2.29 bits per heavy atom. The van der Waals surface area contributed by atoms with Crippen molar-refractivity contribution in [2.75, 3.05) is 13.1 Å². The minimum absolute atomic E-state index is 0.162. The lowest BCUT2D eigenvalue weighted by Gasteiger charge is -2.21. The van der Waals surface area contributed by atoms with E-state index in [1.807, 2.05) is 30.3 Å². The van der Waals surface area contributed by atoms with E-state index in [2.05, 4.69) is 6.07 Å². The maximum atomic E-state index is 12.3. The first-order chi connectivity index (χ1) is 10.9. The summed E-state index contributed by atoms with van der Waals surface area (Å²) in [5, 5.41) is 8.91. The number of benzene rings is 1. The van der Waals surface area contributed by atoms with Gasteiger partial charge in [0.1, 0.15) is 6.61 Å². The third-order valence-corrected chi connectivity index (χ3v) is 3.43. The number of likely N-dealkylation sites (tertiary alicyclic amines) is 1. The van der Waals surface area contributed by atoms with Crippen LogP contribution in [-0.4, -0.2) is 36.2 Å². The molecule has 0 aliphatic carbocycles. The third kappa shape index (κ3) is 4.20. The van der Waals surface area contributed by atoms with Crippen molar-refractivity contribution in [1.29, 1.82) is 5.26 Å². The Morgan fingerprint density at radius 3 is 2.95 bits per heavy atom. The van der Waals surface area contributed by atoms with Crippen LogP contribution in [0.5, 0.6) is 0 Å². The molecule has 0 radical (unpaired) electrons. The molecule has 1 saturated heterocycles. The summed E-state index contributed by atoms with van der Waals surface area (Å²) >= 11 is 0. The summed E-state index contributed by atoms with van der Waals surface area (Å²) in [5.41, 5.74) is 0.884. The zero-order valence-electron chi connectivity index (χ0n) is 14.0. The highest BCUT2D eigenvalue weighted by atomic mass is 16.6. The highest BCUT2D eigenvalue weighted by Gasteiger charge is 2.36. The molecule has 0 spiro atoms. The first kappa shape index (κ1) is 12.7. The van der Waals surface area contributed by atoms with Crippen molar-refractivity contribution in [2.45, 2.75) is 38.5 Å². The van der Waals surface area contributed by atoms with Crippen LogP contribution >= 0.6 is 0 Å². The number of carbonyl (C=O) groups excluding carboxylic acids is 1. The molecule has 1 fully saturated rings. The number of nitriles is 1. The molecule has 1 heterocycles. The molecule has 0 N–H and O–H groups in total. The van der Waals surface area contributed by atoms with E-state index in [4.69, 9.17) is 17.5 Å². The topological polar surface area (TPSA) is 62.6 Å². The molecule has 1 aromatic rings. The second kappa shape index (κ2) is 7.65. The third-order valence-electron chi connectivity index (χ3n) is 3.43. The molecule has 5 nitrogen and oxygen atoms in total. The first-order valence-corrected chi connectivity index (χ1v) is 6.91. The largest absolute Gasteiger partial charge is 0.445 e. The molecule has 112 valence electrons. The molecule has 21 heavy (non-hydrogen) atoms. The van der Waals surface area contributed by atoms with E-state index in [9.17, 15) is 4.79 Å². The summed E-state index contributed by atoms with van der Waals surface area (Å²) in [5.74, 6) is 0. The molecular weight excluding hydrogens is 268 g/mol. The van der Waals surface area contributed by atoms with E-state index >= 15 is 0 Å². The predicted molar refractivity (Wildman–Crippen MR) is 77.4 cm³/mol. The standard InChI is InChI=1S/C16H20N2O3/c1-2-20-15-10-14(8-9-17)18(11-15)16(19)21-12-13-6-4-3-5-7-13/h3-7,14-15H,2,8,10-12H2,1H3/t14?,15-/m1/s1/i2D2. The summed E-state index contributed by atoms with van der Waals surface area (Å²) < 4.78 is 25.5. The molecule has 0 bridgehead atoms. The Labute approximate surface area is 127 Å². The van der Waals surface area contributed by atoms with Crippen molar-refractivity contribution in [3.8, 4) is 6.07 Å². The minimum Gasteiger partial charge on any atom is -0.445 e. The van der Waals surface area contributed by atoms with Gasteiger partial charge in [0, 0.05) is 6.56 Å². The molecular formula is C16H20N2O3. The van der Waals surface area contributed by atoms with Crippen molar-refractivity contribution in [3.05, 3.63) is 35.9 Å². The monoisotopic (exact) mass is 290 g/mol. The molecule has 1 aliphatic rings. The number of hydrogen-bond donors (Lipinski definition) is 0. The summed E-state index contributed by atoms with van der Waals surface area (Å²) in [4.78, 5) is 13.7. The van der Waals surface area contributed by atoms with Crippen molar-refractivity contribution < 1.29 is 17.0 Å². The Hall–Kier alpha value is -2.06. The highest BCUT2D eigenvalue weighted by Crippen LogP contribution is 2.23. The van der Waals surface area contributed by atoms with E-state index in [-0.39, 0.29) is 25.6 Å². The van der Waals surface area contributed by atoms with Crippen LogP contribution in [0.1, 0.15) is 28.1 Å². The smallest absolute Gasteiger partial charge is 0.410 e. The zero-order valence-corrected chi connectivity index (χ0v) is 12.0. The van der Waals surface area contributed by atoms with Crippen LogP contribution in [-0.2, 0) is 16.1 Å². The van der Waals surface area contributed by atoms with E-state index in [1.54, 1.807) is 0 Å². The zero-order chi connectivity index (χ0) is 16.9. The fourth-order valence-corrected chi connectivity index (χ4v) is 2.45. The maximum absolute atomic E-state index is 12.3. The van der Waals surface area contributed by atoms with E-state index in [0.717, 1.165) is 5.56 Å². The lowest BCUT2D eigenvalue weighted by molar-refractivity contribution is 0.0611. The quantitative estimate of drug-likeness (QED) is 0.836. The molecule has 1 aromatic carbocycles. The van der Waals surface area contributed by atoms with Gasteiger partial charge in [-0.3, -0.25) is 0 Å². The molecule has 2 atom stereocenters. The van der Waals surface area contributed by atoms with Crippen molar-refractivity contribution in [3.63, 3.8) is 0 Å². The molecule has 0 saturated carbocycles. The molecule has 2 rings (SSSR count). The number of carbonyl (C=O) groups is 1. The van der Waals surface area contributed by atoms with Crippen LogP contribution in [0.25, 0.3) is 0 Å². The lowest BCUT2D eigenvalue weighted by atomic mass is 10.1. The van der Waals surface area contributed by atoms with Gasteiger partial charge in [-0.2, -0.15) is 5.26 Å². The van der Waals surface area contributed by atoms with Crippen LogP contribution in [0, 0.1) is 11.3 Å². The van der Waals surface area contributed by atoms with Gasteiger partial charge in [0.05, 0.1) is 33.9 Å². The summed E-state index contributed by atoms with van der Waals surface area (Å²) in [6, 6.07) is 11.1. The van der Waals surface area contributed by atoms with Crippen LogP contribution in [0.3, 0.4) is 0 Å². The van der Waals surface area contributed by atoms with Crippen LogP contribution < -0.4 is 0 Å². The molecule has 5 heteroatoms. The van der Waals surface area contributed by atoms with Gasteiger partial charge < -0.3 is 14.4 Å². The Kier molecular flexibility index (Phi) is 4.61. The van der Waals surface area contributed by atoms with Gasteiger partial charge >= 0.3 is 6.09 Å². The van der Waals surface area contributed by atoms with Gasteiger partial charge in [0.15, 0.2) is 0 Å².